The molecule has 62 heavy (non-hydrogen) atoms. The molecular formula is C41H79N13O8. The predicted octanol–water partition coefficient (Wildman–Crippen LogP) is -0.384. The number of hydrogen-bond acceptors (Lipinski definition) is 11. The summed E-state index contributed by atoms with van der Waals surface area (Å²) in [7, 11) is 0. The Morgan fingerprint density at radius 3 is 1.44 bits per heavy atom. The lowest BCUT2D eigenvalue weighted by molar-refractivity contribution is -0.135. The van der Waals surface area contributed by atoms with Crippen LogP contribution in [0.5, 0.6) is 0 Å². The van der Waals surface area contributed by atoms with E-state index in [-0.39, 0.29) is 68.9 Å². The average molecular weight is 882 g/mol. The quantitative estimate of drug-likeness (QED) is 0.00721. The molecule has 21 nitrogen and oxygen atoms in total. The normalized spacial score (nSPS) is 13.3. The molecule has 0 bridgehead atoms. The Morgan fingerprint density at radius 2 is 0.984 bits per heavy atom. The van der Waals surface area contributed by atoms with Gasteiger partial charge < -0.3 is 59.4 Å². The number of rotatable bonds is 37. The van der Waals surface area contributed by atoms with E-state index in [1.807, 2.05) is 5.43 Å². The van der Waals surface area contributed by atoms with Crippen molar-refractivity contribution >= 4 is 53.6 Å². The first-order valence-electron chi connectivity index (χ1n) is 22.2. The molecule has 5 atom stereocenters. The second kappa shape index (κ2) is 35.5. The van der Waals surface area contributed by atoms with Gasteiger partial charge >= 0.3 is 0 Å². The maximum atomic E-state index is 13.7. The van der Waals surface area contributed by atoms with Gasteiger partial charge in [-0.1, -0.05) is 97.8 Å². The van der Waals surface area contributed by atoms with Crippen LogP contribution in [0.4, 0.5) is 0 Å². The number of amides is 6. The van der Waals surface area contributed by atoms with Crippen molar-refractivity contribution in [2.45, 2.75) is 179 Å². The van der Waals surface area contributed by atoms with Crippen molar-refractivity contribution in [3.8, 4) is 0 Å². The molecule has 6 amide bonds. The van der Waals surface area contributed by atoms with Crippen LogP contribution < -0.4 is 60.8 Å². The summed E-state index contributed by atoms with van der Waals surface area (Å²) in [5, 5.41) is 23.0. The largest absolute Gasteiger partial charge is 0.394 e. The van der Waals surface area contributed by atoms with Crippen molar-refractivity contribution in [2.75, 3.05) is 19.7 Å². The minimum atomic E-state index is -1.52. The first kappa shape index (κ1) is 56.9. The second-order valence-electron chi connectivity index (χ2n) is 16.0. The van der Waals surface area contributed by atoms with Crippen molar-refractivity contribution in [1.29, 1.82) is 0 Å². The lowest BCUT2D eigenvalue weighted by Gasteiger charge is -2.27. The number of nitrogens with one attached hydrogen (secondary N) is 6. The predicted molar refractivity (Wildman–Crippen MR) is 239 cm³/mol. The number of carbonyl (C=O) groups is 7. The Kier molecular flexibility index (Phi) is 32.6. The van der Waals surface area contributed by atoms with Gasteiger partial charge in [0.1, 0.15) is 30.5 Å². The zero-order chi connectivity index (χ0) is 46.7. The van der Waals surface area contributed by atoms with Gasteiger partial charge in [-0.25, -0.2) is 5.84 Å². The number of guanidine groups is 2. The third-order valence-electron chi connectivity index (χ3n) is 9.90. The molecular weight excluding hydrogens is 803 g/mol. The Morgan fingerprint density at radius 1 is 0.565 bits per heavy atom. The lowest BCUT2D eigenvalue weighted by Crippen LogP contribution is -2.59. The summed E-state index contributed by atoms with van der Waals surface area (Å²) in [6, 6.07) is -6.38. The van der Waals surface area contributed by atoms with Gasteiger partial charge in [-0.3, -0.25) is 44.2 Å². The molecule has 0 aromatic carbocycles. The maximum Gasteiger partial charge on any atom is 0.245 e. The smallest absolute Gasteiger partial charge is 0.245 e. The number of nitrogens with two attached hydrogens (primary N) is 5. The van der Waals surface area contributed by atoms with Crippen LogP contribution in [-0.2, 0) is 33.6 Å². The number of unbranched alkanes of at least 4 members (excludes halogenated alkanes) is 12. The molecule has 0 saturated carbocycles. The summed E-state index contributed by atoms with van der Waals surface area (Å²) in [6.07, 6.45) is 15.9. The van der Waals surface area contributed by atoms with Crippen LogP contribution >= 0.6 is 0 Å². The summed E-state index contributed by atoms with van der Waals surface area (Å²) in [5.41, 5.74) is 23.5. The topological polar surface area (TPSA) is 367 Å². The Hall–Kier alpha value is -5.05. The van der Waals surface area contributed by atoms with Gasteiger partial charge in [0, 0.05) is 19.5 Å². The average Bonchev–Trinajstić information content (AvgIpc) is 3.22. The van der Waals surface area contributed by atoms with Crippen LogP contribution in [0.15, 0.2) is 9.98 Å². The summed E-state index contributed by atoms with van der Waals surface area (Å²) < 4.78 is 0. The molecule has 0 aromatic heterocycles. The van der Waals surface area contributed by atoms with Crippen molar-refractivity contribution in [3.63, 3.8) is 0 Å². The molecule has 0 aliphatic carbocycles. The van der Waals surface area contributed by atoms with Crippen LogP contribution in [0, 0.1) is 5.92 Å². The van der Waals surface area contributed by atoms with Crippen molar-refractivity contribution in [3.05, 3.63) is 0 Å². The van der Waals surface area contributed by atoms with Crippen molar-refractivity contribution in [1.82, 2.24) is 32.0 Å². The highest BCUT2D eigenvalue weighted by molar-refractivity contribution is 5.96. The number of aldehydes is 1. The molecule has 0 saturated heterocycles. The molecule has 21 heteroatoms. The van der Waals surface area contributed by atoms with Gasteiger partial charge in [-0.2, -0.15) is 0 Å². The van der Waals surface area contributed by atoms with E-state index in [0.29, 0.717) is 19.1 Å². The van der Waals surface area contributed by atoms with Crippen LogP contribution in [0.2, 0.25) is 0 Å². The summed E-state index contributed by atoms with van der Waals surface area (Å²) >= 11 is 0. The number of aliphatic imine (C=N–C) groups is 2. The van der Waals surface area contributed by atoms with E-state index in [4.69, 9.17) is 28.8 Å². The number of hydrogen-bond donors (Lipinski definition) is 12. The fourth-order valence-electron chi connectivity index (χ4n) is 6.50. The monoisotopic (exact) mass is 882 g/mol. The van der Waals surface area contributed by atoms with Crippen molar-refractivity contribution in [2.24, 2.45) is 44.7 Å². The van der Waals surface area contributed by atoms with Crippen LogP contribution in [0.25, 0.3) is 0 Å². The lowest BCUT2D eigenvalue weighted by atomic mass is 10.0. The second-order valence-corrected chi connectivity index (χ2v) is 16.0. The third-order valence-corrected chi connectivity index (χ3v) is 9.90. The molecule has 0 heterocycles. The number of hydrazine groups is 1. The first-order chi connectivity index (χ1) is 29.6. The van der Waals surface area contributed by atoms with Crippen LogP contribution in [0.1, 0.15) is 149 Å². The fraction of sp³-hybridized carbons (Fsp3) is 0.780. The molecule has 0 aliphatic heterocycles. The Balaban J connectivity index is 5.65. The minimum Gasteiger partial charge on any atom is -0.394 e. The number of carbonyl (C=O) groups excluding carboxylic acids is 7. The van der Waals surface area contributed by atoms with Gasteiger partial charge in [0.2, 0.25) is 35.4 Å². The number of aliphatic hydroxyl groups is 1. The molecule has 0 aliphatic rings. The zero-order valence-corrected chi connectivity index (χ0v) is 37.4. The van der Waals surface area contributed by atoms with Gasteiger partial charge in [-0.15, -0.1) is 0 Å². The highest BCUT2D eigenvalue weighted by Gasteiger charge is 2.32. The van der Waals surface area contributed by atoms with E-state index in [1.54, 1.807) is 13.8 Å². The first-order valence-corrected chi connectivity index (χ1v) is 22.2. The van der Waals surface area contributed by atoms with E-state index in [9.17, 15) is 38.7 Å². The third kappa shape index (κ3) is 29.2. The molecule has 0 aromatic rings. The molecule has 0 spiro atoms. The van der Waals surface area contributed by atoms with E-state index < -0.39 is 72.8 Å². The molecule has 0 fully saturated rings. The molecule has 17 N–H and O–H groups in total. The molecule has 356 valence electrons. The van der Waals surface area contributed by atoms with E-state index in [2.05, 4.69) is 43.5 Å². The zero-order valence-electron chi connectivity index (χ0n) is 37.4. The molecule has 0 radical (unpaired) electrons. The van der Waals surface area contributed by atoms with Gasteiger partial charge in [0.25, 0.3) is 0 Å². The Bertz CT molecular complexity index is 1390. The van der Waals surface area contributed by atoms with Crippen molar-refractivity contribution < 1.29 is 38.7 Å². The summed E-state index contributed by atoms with van der Waals surface area (Å²) in [4.78, 5) is 98.2. The van der Waals surface area contributed by atoms with Crippen LogP contribution in [-0.4, -0.2) is 109 Å². The van der Waals surface area contributed by atoms with E-state index in [0.717, 1.165) is 19.3 Å². The van der Waals surface area contributed by atoms with E-state index in [1.165, 1.54) is 57.8 Å². The van der Waals surface area contributed by atoms with Gasteiger partial charge in [0.15, 0.2) is 11.9 Å². The highest BCUT2D eigenvalue weighted by atomic mass is 16.3. The SMILES string of the molecule is CCCCCCCCCCCCCCCC(=O)N[C@@H](CCCN=C(N)N)C(=O)N[C@@H](CO)C(=O)N[C@@H](CC(C)C)C(=O)N[C@@H](CCCN=C(N)N)C(=O)N[C@H](C=O)CC(=O)NN. The minimum absolute atomic E-state index is 0.00364. The van der Waals surface area contributed by atoms with Gasteiger partial charge in [-0.05, 0) is 44.4 Å². The summed E-state index contributed by atoms with van der Waals surface area (Å²) in [5.74, 6) is 0.357. The Labute approximate surface area is 367 Å². The number of nitrogens with zero attached hydrogens (tertiary/aromatic N) is 2. The molecule has 0 unspecified atom stereocenters. The van der Waals surface area contributed by atoms with Gasteiger partial charge in [0.05, 0.1) is 19.1 Å². The standard InChI is InChI=1S/C41H79N13O8/c1-4-5-6-7-8-9-10-11-12-13-14-15-16-21-34(57)50-30(19-17-22-47-40(42)43)37(60)53-33(27-56)39(62)52-32(24-28(2)3)38(61)51-31(20-18-23-48-41(44)45)36(59)49-29(26-55)25-35(58)54-46/h26,28-33,56H,4-25,27,46H2,1-3H3,(H,49,59)(H,50,57)(H,51,61)(H,52,62)(H,53,60)(H,54,58)(H4,42,43,47)(H4,44,45,48)/t29-,30-,31-,32-,33-/m0/s1. The van der Waals surface area contributed by atoms with Crippen LogP contribution in [0.3, 0.4) is 0 Å². The maximum absolute atomic E-state index is 13.7. The highest BCUT2D eigenvalue weighted by Crippen LogP contribution is 2.14. The molecule has 0 rings (SSSR count). The fourth-order valence-corrected chi connectivity index (χ4v) is 6.50. The van der Waals surface area contributed by atoms with E-state index >= 15 is 0 Å². The number of aliphatic hydroxyl groups excluding tert-OH is 1. The summed E-state index contributed by atoms with van der Waals surface area (Å²) in [6.45, 7) is 5.25.